The summed E-state index contributed by atoms with van der Waals surface area (Å²) in [6.07, 6.45) is 0. The van der Waals surface area contributed by atoms with E-state index in [9.17, 15) is 20.2 Å². The first-order valence-electron chi connectivity index (χ1n) is 5.45. The van der Waals surface area contributed by atoms with Crippen LogP contribution >= 0.6 is 0 Å². The van der Waals surface area contributed by atoms with E-state index in [1.165, 1.54) is 12.1 Å². The van der Waals surface area contributed by atoms with Crippen molar-refractivity contribution in [2.45, 2.75) is 0 Å². The number of benzene rings is 2. The van der Waals surface area contributed by atoms with Crippen molar-refractivity contribution in [2.75, 3.05) is 5.43 Å². The van der Waals surface area contributed by atoms with Crippen LogP contribution in [0.15, 0.2) is 54.6 Å². The van der Waals surface area contributed by atoms with Gasteiger partial charge in [-0.05, 0) is 12.1 Å². The predicted molar refractivity (Wildman–Crippen MR) is 74.0 cm³/mol. The van der Waals surface area contributed by atoms with E-state index in [-0.39, 0.29) is 0 Å². The molecule has 104 valence electrons. The van der Waals surface area contributed by atoms with E-state index in [0.717, 1.165) is 17.8 Å². The molecule has 0 fully saturated rings. The number of nitrogens with two attached hydrogens (primary N) is 1. The highest BCUT2D eigenvalue weighted by atomic mass is 16.6. The number of nitrogen functional groups attached to an aromatic ring is 1. The van der Waals surface area contributed by atoms with Crippen LogP contribution in [0.4, 0.5) is 17.1 Å². The van der Waals surface area contributed by atoms with Crippen LogP contribution in [0.2, 0.25) is 0 Å². The molecule has 2 aromatic carbocycles. The molecule has 0 bridgehead atoms. The second-order valence-electron chi connectivity index (χ2n) is 3.51. The van der Waals surface area contributed by atoms with Gasteiger partial charge in [0.2, 0.25) is 0 Å². The molecule has 0 saturated carbocycles. The fourth-order valence-electron chi connectivity index (χ4n) is 1.31. The Morgan fingerprint density at radius 1 is 0.800 bits per heavy atom. The molecule has 3 N–H and O–H groups in total. The highest BCUT2D eigenvalue weighted by molar-refractivity contribution is 5.51. The normalized spacial score (nSPS) is 9.05. The smallest absolute Gasteiger partial charge is 0.324 e. The second-order valence-corrected chi connectivity index (χ2v) is 3.51. The largest absolute Gasteiger partial charge is 0.346 e. The molecule has 8 nitrogen and oxygen atoms in total. The van der Waals surface area contributed by atoms with Crippen molar-refractivity contribution in [3.63, 3.8) is 0 Å². The van der Waals surface area contributed by atoms with Crippen LogP contribution in [0.25, 0.3) is 0 Å². The van der Waals surface area contributed by atoms with Gasteiger partial charge in [-0.15, -0.1) is 0 Å². The third-order valence-corrected chi connectivity index (χ3v) is 2.22. The van der Waals surface area contributed by atoms with Gasteiger partial charge < -0.3 is 5.43 Å². The molecule has 0 aliphatic carbocycles. The average molecular weight is 276 g/mol. The lowest BCUT2D eigenvalue weighted by Crippen LogP contribution is -2.05. The zero-order chi connectivity index (χ0) is 15.0. The summed E-state index contributed by atoms with van der Waals surface area (Å²) in [4.78, 5) is 18.9. The molecule has 0 saturated heterocycles. The van der Waals surface area contributed by atoms with E-state index >= 15 is 0 Å². The lowest BCUT2D eigenvalue weighted by Gasteiger charge is -1.94. The molecule has 20 heavy (non-hydrogen) atoms. The monoisotopic (exact) mass is 276 g/mol. The number of nitro benzene ring substituents is 2. The van der Waals surface area contributed by atoms with E-state index in [4.69, 9.17) is 5.84 Å². The Labute approximate surface area is 114 Å². The van der Waals surface area contributed by atoms with Crippen LogP contribution in [0.3, 0.4) is 0 Å². The maximum absolute atomic E-state index is 10.2. The van der Waals surface area contributed by atoms with Crippen molar-refractivity contribution in [3.05, 3.63) is 74.8 Å². The summed E-state index contributed by atoms with van der Waals surface area (Å²) >= 11 is 0. The minimum Gasteiger partial charge on any atom is -0.324 e. The molecule has 0 spiro atoms. The molecule has 0 unspecified atom stereocenters. The van der Waals surface area contributed by atoms with Gasteiger partial charge in [0.15, 0.2) is 0 Å². The van der Waals surface area contributed by atoms with Gasteiger partial charge in [-0.2, -0.15) is 0 Å². The summed E-state index contributed by atoms with van der Waals surface area (Å²) in [5.74, 6) is 5.10. The first-order chi connectivity index (χ1) is 9.56. The van der Waals surface area contributed by atoms with Gasteiger partial charge in [0, 0.05) is 17.8 Å². The fraction of sp³-hybridized carbons (Fsp3) is 0. The minimum absolute atomic E-state index is 0.484. The Hall–Kier alpha value is -3.00. The lowest BCUT2D eigenvalue weighted by molar-refractivity contribution is -0.422. The standard InChI is InChI=1S/C6H4N2O4.C6H8N2/c9-7(10)5-3-1-2-4-6(5)8(11)12;7-8-6-4-2-1-3-5-6/h1-4H;1-5,8H,7H2. The number of nitrogens with one attached hydrogen (secondary N) is 1. The molecule has 0 aliphatic rings. The molecule has 0 aliphatic heterocycles. The van der Waals surface area contributed by atoms with Crippen LogP contribution in [0.1, 0.15) is 0 Å². The van der Waals surface area contributed by atoms with Crippen molar-refractivity contribution in [1.29, 1.82) is 0 Å². The topological polar surface area (TPSA) is 124 Å². The highest BCUT2D eigenvalue weighted by Gasteiger charge is 2.21. The lowest BCUT2D eigenvalue weighted by atomic mass is 10.3. The van der Waals surface area contributed by atoms with E-state index < -0.39 is 21.2 Å². The van der Waals surface area contributed by atoms with E-state index in [1.807, 2.05) is 30.3 Å². The van der Waals surface area contributed by atoms with Gasteiger partial charge >= 0.3 is 11.4 Å². The Balaban J connectivity index is 0.000000217. The third-order valence-electron chi connectivity index (χ3n) is 2.22. The van der Waals surface area contributed by atoms with Crippen molar-refractivity contribution < 1.29 is 9.85 Å². The minimum atomic E-state index is -0.780. The number of hydrogen-bond acceptors (Lipinski definition) is 6. The maximum Gasteiger partial charge on any atom is 0.346 e. The SMILES string of the molecule is NNc1ccccc1.O=[N+]([O-])c1ccccc1[N+](=O)[O-]. The third kappa shape index (κ3) is 4.35. The van der Waals surface area contributed by atoms with E-state index in [0.29, 0.717) is 0 Å². The number of hydrazine groups is 1. The van der Waals surface area contributed by atoms with Gasteiger partial charge in [0.1, 0.15) is 0 Å². The van der Waals surface area contributed by atoms with Crippen molar-refractivity contribution in [1.82, 2.24) is 0 Å². The molecule has 0 heterocycles. The number of para-hydroxylation sites is 3. The van der Waals surface area contributed by atoms with Crippen LogP contribution in [-0.4, -0.2) is 9.85 Å². The zero-order valence-electron chi connectivity index (χ0n) is 10.3. The van der Waals surface area contributed by atoms with Gasteiger partial charge in [0.25, 0.3) is 0 Å². The Morgan fingerprint density at radius 2 is 1.20 bits per heavy atom. The average Bonchev–Trinajstić information content (AvgIpc) is 2.48. The number of hydrogen-bond donors (Lipinski definition) is 2. The zero-order valence-corrected chi connectivity index (χ0v) is 10.3. The van der Waals surface area contributed by atoms with E-state index in [2.05, 4.69) is 5.43 Å². The highest BCUT2D eigenvalue weighted by Crippen LogP contribution is 2.24. The first-order valence-corrected chi connectivity index (χ1v) is 5.45. The molecular formula is C12H12N4O4. The summed E-state index contributed by atoms with van der Waals surface area (Å²) in [5.41, 5.74) is 2.50. The second kappa shape index (κ2) is 7.44. The quantitative estimate of drug-likeness (QED) is 0.504. The summed E-state index contributed by atoms with van der Waals surface area (Å²) < 4.78 is 0. The van der Waals surface area contributed by atoms with Crippen molar-refractivity contribution in [2.24, 2.45) is 5.84 Å². The Morgan fingerprint density at radius 3 is 1.50 bits per heavy atom. The van der Waals surface area contributed by atoms with Crippen molar-refractivity contribution in [3.8, 4) is 0 Å². The maximum atomic E-state index is 10.2. The van der Waals surface area contributed by atoms with Gasteiger partial charge in [-0.1, -0.05) is 30.3 Å². The molecular weight excluding hydrogens is 264 g/mol. The van der Waals surface area contributed by atoms with Crippen LogP contribution in [0.5, 0.6) is 0 Å². The van der Waals surface area contributed by atoms with E-state index in [1.54, 1.807) is 0 Å². The number of nitrogens with zero attached hydrogens (tertiary/aromatic N) is 2. The van der Waals surface area contributed by atoms with Gasteiger partial charge in [0.05, 0.1) is 9.85 Å². The van der Waals surface area contributed by atoms with Crippen LogP contribution < -0.4 is 11.3 Å². The number of rotatable bonds is 3. The van der Waals surface area contributed by atoms with Gasteiger partial charge in [-0.25, -0.2) is 0 Å². The molecule has 8 heteroatoms. The summed E-state index contributed by atoms with van der Waals surface area (Å²) in [5, 5.41) is 20.5. The summed E-state index contributed by atoms with van der Waals surface area (Å²) in [6.45, 7) is 0. The predicted octanol–water partition coefficient (Wildman–Crippen LogP) is 2.48. The molecule has 0 amide bonds. The Kier molecular flexibility index (Phi) is 5.60. The molecule has 0 radical (unpaired) electrons. The number of anilines is 1. The molecule has 2 rings (SSSR count). The number of nitro groups is 2. The Bertz CT molecular complexity index is 556. The molecule has 2 aromatic rings. The van der Waals surface area contributed by atoms with Crippen LogP contribution in [-0.2, 0) is 0 Å². The first kappa shape index (κ1) is 15.1. The summed E-state index contributed by atoms with van der Waals surface area (Å²) in [6, 6.07) is 14.6. The fourth-order valence-corrected chi connectivity index (χ4v) is 1.31. The summed E-state index contributed by atoms with van der Waals surface area (Å²) in [7, 11) is 0. The molecule has 0 atom stereocenters. The van der Waals surface area contributed by atoms with Crippen molar-refractivity contribution >= 4 is 17.1 Å². The van der Waals surface area contributed by atoms with Gasteiger partial charge in [-0.3, -0.25) is 26.1 Å². The molecule has 0 aromatic heterocycles. The van der Waals surface area contributed by atoms with Crippen LogP contribution in [0, 0.1) is 20.2 Å².